The van der Waals surface area contributed by atoms with E-state index in [-0.39, 0.29) is 5.82 Å². The average molecular weight is 421 g/mol. The van der Waals surface area contributed by atoms with Gasteiger partial charge in [0.05, 0.1) is 12.7 Å². The number of nitrogens with zero attached hydrogens (tertiary/aromatic N) is 1. The van der Waals surface area contributed by atoms with Gasteiger partial charge in [0.25, 0.3) is 11.8 Å². The summed E-state index contributed by atoms with van der Waals surface area (Å²) in [4.78, 5) is 36.9. The fourth-order valence-corrected chi connectivity index (χ4v) is 2.87. The summed E-state index contributed by atoms with van der Waals surface area (Å²) >= 11 is 1.52. The minimum Gasteiger partial charge on any atom is -0.496 e. The zero-order valence-electron chi connectivity index (χ0n) is 16.4. The van der Waals surface area contributed by atoms with Gasteiger partial charge in [-0.2, -0.15) is 11.8 Å². The summed E-state index contributed by atoms with van der Waals surface area (Å²) in [5, 5.41) is 8.74. The molecule has 29 heavy (non-hydrogen) atoms. The van der Waals surface area contributed by atoms with E-state index in [1.54, 1.807) is 31.2 Å². The Morgan fingerprint density at radius 3 is 2.69 bits per heavy atom. The number of rotatable bonds is 10. The Morgan fingerprint density at radius 2 is 2.03 bits per heavy atom. The van der Waals surface area contributed by atoms with Crippen LogP contribution in [-0.2, 0) is 14.3 Å². The minimum atomic E-state index is -0.901. The summed E-state index contributed by atoms with van der Waals surface area (Å²) in [6.45, 7) is 1.18. The third-order valence-corrected chi connectivity index (χ3v) is 4.44. The van der Waals surface area contributed by atoms with Crippen LogP contribution in [0.5, 0.6) is 5.75 Å². The number of nitrogens with one attached hydrogen (secondary N) is 2. The van der Waals surface area contributed by atoms with E-state index in [9.17, 15) is 14.4 Å². The van der Waals surface area contributed by atoms with Crippen LogP contribution < -0.4 is 15.4 Å². The second kappa shape index (κ2) is 11.1. The van der Waals surface area contributed by atoms with Crippen molar-refractivity contribution in [3.05, 3.63) is 41.7 Å². The molecule has 0 spiro atoms. The predicted octanol–water partition coefficient (Wildman–Crippen LogP) is 2.03. The van der Waals surface area contributed by atoms with Crippen molar-refractivity contribution in [2.75, 3.05) is 31.0 Å². The lowest BCUT2D eigenvalue weighted by Gasteiger charge is -2.18. The Labute approximate surface area is 172 Å². The van der Waals surface area contributed by atoms with Gasteiger partial charge in [-0.25, -0.2) is 4.79 Å². The smallest absolute Gasteiger partial charge is 0.329 e. The first-order valence-corrected chi connectivity index (χ1v) is 10.2. The molecule has 1 aromatic heterocycles. The van der Waals surface area contributed by atoms with Crippen molar-refractivity contribution < 1.29 is 28.4 Å². The first-order chi connectivity index (χ1) is 13.9. The highest BCUT2D eigenvalue weighted by atomic mass is 32.2. The molecule has 1 heterocycles. The third kappa shape index (κ3) is 6.83. The van der Waals surface area contributed by atoms with Crippen molar-refractivity contribution in [3.8, 4) is 5.75 Å². The van der Waals surface area contributed by atoms with E-state index in [1.807, 2.05) is 6.26 Å². The topological polar surface area (TPSA) is 120 Å². The molecule has 0 aliphatic carbocycles. The Kier molecular flexibility index (Phi) is 8.53. The maximum Gasteiger partial charge on any atom is 0.329 e. The zero-order chi connectivity index (χ0) is 21.2. The second-order valence-corrected chi connectivity index (χ2v) is 6.97. The van der Waals surface area contributed by atoms with Crippen molar-refractivity contribution in [2.24, 2.45) is 0 Å². The first kappa shape index (κ1) is 22.3. The van der Waals surface area contributed by atoms with Gasteiger partial charge in [-0.1, -0.05) is 17.3 Å². The molecule has 10 heteroatoms. The van der Waals surface area contributed by atoms with Gasteiger partial charge in [0.1, 0.15) is 17.6 Å². The Bertz CT molecular complexity index is 854. The van der Waals surface area contributed by atoms with Gasteiger partial charge in [-0.3, -0.25) is 9.59 Å². The van der Waals surface area contributed by atoms with Crippen molar-refractivity contribution in [2.45, 2.75) is 19.4 Å². The van der Waals surface area contributed by atoms with Crippen LogP contribution in [0.25, 0.3) is 0 Å². The summed E-state index contributed by atoms with van der Waals surface area (Å²) in [6.07, 6.45) is 2.24. The number of ether oxygens (including phenoxy) is 2. The molecule has 0 fully saturated rings. The minimum absolute atomic E-state index is 0.229. The van der Waals surface area contributed by atoms with Gasteiger partial charge in [-0.05, 0) is 37.5 Å². The molecule has 2 aromatic rings. The number of para-hydroxylation sites is 1. The fraction of sp³-hybridized carbons (Fsp3) is 0.368. The molecule has 9 nitrogen and oxygen atoms in total. The summed E-state index contributed by atoms with van der Waals surface area (Å²) in [5.41, 5.74) is 0.302. The molecule has 0 radical (unpaired) electrons. The number of aromatic nitrogens is 1. The van der Waals surface area contributed by atoms with Crippen molar-refractivity contribution in [1.82, 2.24) is 10.5 Å². The van der Waals surface area contributed by atoms with Gasteiger partial charge in [-0.15, -0.1) is 0 Å². The average Bonchev–Trinajstić information content (AvgIpc) is 3.13. The van der Waals surface area contributed by atoms with Crippen LogP contribution in [-0.4, -0.2) is 54.7 Å². The standard InChI is InChI=1S/C19H23N3O6S/c1-12-10-16(22-28-12)21-17(23)11-27-19(25)14(8-9-29-3)20-18(24)13-6-4-5-7-15(13)26-2/h4-7,10,14H,8-9,11H2,1-3H3,(H,20,24)(H,21,22,23). The summed E-state index contributed by atoms with van der Waals surface area (Å²) in [5.74, 6) is 0.0500. The van der Waals surface area contributed by atoms with E-state index in [0.717, 1.165) is 0 Å². The highest BCUT2D eigenvalue weighted by molar-refractivity contribution is 7.98. The summed E-state index contributed by atoms with van der Waals surface area (Å²) < 4.78 is 15.1. The molecule has 1 aromatic carbocycles. The van der Waals surface area contributed by atoms with E-state index < -0.39 is 30.4 Å². The summed E-state index contributed by atoms with van der Waals surface area (Å²) in [6, 6.07) is 7.32. The molecule has 0 saturated heterocycles. The number of esters is 1. The van der Waals surface area contributed by atoms with Crippen LogP contribution >= 0.6 is 11.8 Å². The van der Waals surface area contributed by atoms with E-state index >= 15 is 0 Å². The monoisotopic (exact) mass is 421 g/mol. The first-order valence-electron chi connectivity index (χ1n) is 8.77. The molecule has 156 valence electrons. The number of carbonyl (C=O) groups excluding carboxylic acids is 3. The molecule has 2 rings (SSSR count). The molecule has 2 N–H and O–H groups in total. The zero-order valence-corrected chi connectivity index (χ0v) is 17.2. The number of aryl methyl sites for hydroxylation is 1. The van der Waals surface area contributed by atoms with E-state index in [0.29, 0.717) is 29.2 Å². The summed E-state index contributed by atoms with van der Waals surface area (Å²) in [7, 11) is 1.46. The maximum atomic E-state index is 12.6. The molecular formula is C19H23N3O6S. The maximum absolute atomic E-state index is 12.6. The van der Waals surface area contributed by atoms with Crippen molar-refractivity contribution >= 4 is 35.4 Å². The molecule has 0 aliphatic heterocycles. The van der Waals surface area contributed by atoms with Gasteiger partial charge in [0.2, 0.25) is 0 Å². The van der Waals surface area contributed by atoms with Crippen LogP contribution in [0.1, 0.15) is 22.5 Å². The van der Waals surface area contributed by atoms with Crippen LogP contribution in [0.4, 0.5) is 5.82 Å². The number of amides is 2. The van der Waals surface area contributed by atoms with Crippen molar-refractivity contribution in [3.63, 3.8) is 0 Å². The van der Waals surface area contributed by atoms with Gasteiger partial charge >= 0.3 is 5.97 Å². The van der Waals surface area contributed by atoms with Gasteiger partial charge < -0.3 is 24.6 Å². The lowest BCUT2D eigenvalue weighted by Crippen LogP contribution is -2.43. The lowest BCUT2D eigenvalue weighted by molar-refractivity contribution is -0.149. The molecule has 1 unspecified atom stereocenters. The lowest BCUT2D eigenvalue weighted by atomic mass is 10.1. The largest absolute Gasteiger partial charge is 0.496 e. The highest BCUT2D eigenvalue weighted by Gasteiger charge is 2.24. The Hall–Kier alpha value is -3.01. The SMILES string of the molecule is COc1ccccc1C(=O)NC(CCSC)C(=O)OCC(=O)Nc1cc(C)on1. The molecular weight excluding hydrogens is 398 g/mol. The second-order valence-electron chi connectivity index (χ2n) is 5.99. The molecule has 1 atom stereocenters. The molecule has 0 aliphatic rings. The molecule has 0 saturated carbocycles. The van der Waals surface area contributed by atoms with Crippen LogP contribution in [0, 0.1) is 6.92 Å². The number of carbonyl (C=O) groups is 3. The molecule has 0 bridgehead atoms. The fourth-order valence-electron chi connectivity index (χ4n) is 2.39. The quantitative estimate of drug-likeness (QED) is 0.559. The number of hydrogen-bond donors (Lipinski definition) is 2. The predicted molar refractivity (Wildman–Crippen MR) is 108 cm³/mol. The Morgan fingerprint density at radius 1 is 1.28 bits per heavy atom. The number of hydrogen-bond acceptors (Lipinski definition) is 8. The van der Waals surface area contributed by atoms with Crippen LogP contribution in [0.3, 0.4) is 0 Å². The van der Waals surface area contributed by atoms with E-state index in [4.69, 9.17) is 14.0 Å². The normalized spacial score (nSPS) is 11.4. The van der Waals surface area contributed by atoms with Gasteiger partial charge in [0, 0.05) is 6.07 Å². The number of thioether (sulfide) groups is 1. The molecule has 2 amide bonds. The highest BCUT2D eigenvalue weighted by Crippen LogP contribution is 2.17. The van der Waals surface area contributed by atoms with E-state index in [1.165, 1.54) is 24.9 Å². The number of methoxy groups -OCH3 is 1. The van der Waals surface area contributed by atoms with Crippen molar-refractivity contribution in [1.29, 1.82) is 0 Å². The van der Waals surface area contributed by atoms with E-state index in [2.05, 4.69) is 15.8 Å². The van der Waals surface area contributed by atoms with Crippen LogP contribution in [0.2, 0.25) is 0 Å². The Balaban J connectivity index is 1.96. The third-order valence-electron chi connectivity index (χ3n) is 3.79. The van der Waals surface area contributed by atoms with Crippen LogP contribution in [0.15, 0.2) is 34.9 Å². The number of anilines is 1. The number of benzene rings is 1. The van der Waals surface area contributed by atoms with Gasteiger partial charge in [0.15, 0.2) is 12.4 Å².